The van der Waals surface area contributed by atoms with Crippen molar-refractivity contribution in [1.29, 1.82) is 0 Å². The number of rotatable bonds is 2. The summed E-state index contributed by atoms with van der Waals surface area (Å²) in [6.07, 6.45) is 0. The van der Waals surface area contributed by atoms with Gasteiger partial charge in [-0.05, 0) is 24.6 Å². The predicted molar refractivity (Wildman–Crippen MR) is 46.8 cm³/mol. The van der Waals surface area contributed by atoms with Crippen molar-refractivity contribution >= 4 is 11.9 Å². The van der Waals surface area contributed by atoms with Crippen LogP contribution in [0.5, 0.6) is 5.75 Å². The zero-order valence-corrected chi connectivity index (χ0v) is 14.0. The number of carbonyl (C=O) groups is 2. The molecule has 1 rings (SSSR count). The molecule has 0 unspecified atom stereocenters. The first kappa shape index (κ1) is 18.7. The zero-order chi connectivity index (χ0) is 10.9. The molecule has 0 saturated carbocycles. The summed E-state index contributed by atoms with van der Waals surface area (Å²) >= 11 is 0. The van der Waals surface area contributed by atoms with E-state index in [2.05, 4.69) is 0 Å². The van der Waals surface area contributed by atoms with E-state index in [-0.39, 0.29) is 80.9 Å². The maximum absolute atomic E-state index is 10.6. The van der Waals surface area contributed by atoms with Gasteiger partial charge in [0.1, 0.15) is 11.3 Å². The average molecular weight is 362 g/mol. The molecule has 0 saturated heterocycles. The third kappa shape index (κ3) is 4.30. The van der Waals surface area contributed by atoms with Gasteiger partial charge in [-0.2, -0.15) is 0 Å². The van der Waals surface area contributed by atoms with E-state index in [4.69, 9.17) is 10.2 Å². The van der Waals surface area contributed by atoms with Gasteiger partial charge in [-0.1, -0.05) is 0 Å². The topological polar surface area (TPSA) is 94.8 Å². The molecule has 0 atom stereocenters. The number of hydrogen-bond donors (Lipinski definition) is 3. The Bertz CT molecular complexity index is 383. The van der Waals surface area contributed by atoms with E-state index >= 15 is 0 Å². The van der Waals surface area contributed by atoms with Crippen molar-refractivity contribution in [3.63, 3.8) is 0 Å². The van der Waals surface area contributed by atoms with Crippen molar-refractivity contribution in [2.24, 2.45) is 0 Å². The second-order valence-electron chi connectivity index (χ2n) is 2.79. The van der Waals surface area contributed by atoms with Gasteiger partial charge in [-0.25, -0.2) is 9.59 Å². The van der Waals surface area contributed by atoms with Gasteiger partial charge in [0.05, 0.1) is 5.56 Å². The van der Waals surface area contributed by atoms with Crippen LogP contribution in [-0.2, 0) is 0 Å². The summed E-state index contributed by atoms with van der Waals surface area (Å²) in [5.74, 6) is -3.00. The Labute approximate surface area is 151 Å². The Kier molecular flexibility index (Phi) is 8.89. The summed E-state index contributed by atoms with van der Waals surface area (Å²) in [5, 5.41) is 26.5. The second-order valence-corrected chi connectivity index (χ2v) is 2.79. The molecule has 0 amide bonds. The van der Waals surface area contributed by atoms with Crippen molar-refractivity contribution in [2.75, 3.05) is 0 Å². The Morgan fingerprint density at radius 2 is 1.50 bits per heavy atom. The first-order valence-electron chi connectivity index (χ1n) is 3.73. The third-order valence-corrected chi connectivity index (χ3v) is 1.80. The van der Waals surface area contributed by atoms with E-state index < -0.39 is 23.3 Å². The molecule has 0 radical (unpaired) electrons. The SMILES string of the molecule is Cc1cc(O)c(C(=O)O)cc1C(=O)O.[I-].[K+]. The molecule has 0 bridgehead atoms. The minimum absolute atomic E-state index is 0. The van der Waals surface area contributed by atoms with Gasteiger partial charge in [-0.15, -0.1) is 0 Å². The fourth-order valence-electron chi connectivity index (χ4n) is 1.09. The number of hydrogen-bond acceptors (Lipinski definition) is 3. The normalized spacial score (nSPS) is 8.56. The molecule has 0 fully saturated rings. The standard InChI is InChI=1S/C9H8O5.HI.K/c1-4-2-7(10)6(9(13)14)3-5(4)8(11)12;;/h2-3,10H,1H3,(H,11,12)(H,13,14);1H;/q;;+1/p-1. The number of phenols is 1. The summed E-state index contributed by atoms with van der Waals surface area (Å²) in [6, 6.07) is 2.06. The molecule has 7 heteroatoms. The molecule has 0 aliphatic heterocycles. The van der Waals surface area contributed by atoms with E-state index in [1.54, 1.807) is 0 Å². The number of carboxylic acids is 2. The maximum Gasteiger partial charge on any atom is 1.00 e. The first-order chi connectivity index (χ1) is 6.43. The summed E-state index contributed by atoms with van der Waals surface area (Å²) in [5.41, 5.74) is -0.215. The Morgan fingerprint density at radius 1 is 1.06 bits per heavy atom. The minimum atomic E-state index is -1.36. The van der Waals surface area contributed by atoms with Crippen LogP contribution in [0.4, 0.5) is 0 Å². The minimum Gasteiger partial charge on any atom is -1.00 e. The molecule has 5 nitrogen and oxygen atoms in total. The smallest absolute Gasteiger partial charge is 1.00 e. The van der Waals surface area contributed by atoms with Crippen LogP contribution in [0, 0.1) is 6.92 Å². The molecule has 82 valence electrons. The fourth-order valence-corrected chi connectivity index (χ4v) is 1.09. The van der Waals surface area contributed by atoms with Gasteiger partial charge in [0.15, 0.2) is 0 Å². The van der Waals surface area contributed by atoms with Crippen LogP contribution >= 0.6 is 0 Å². The number of aromatic carboxylic acids is 2. The summed E-state index contributed by atoms with van der Waals surface area (Å²) in [7, 11) is 0. The van der Waals surface area contributed by atoms with E-state index in [0.717, 1.165) is 12.1 Å². The molecule has 3 N–H and O–H groups in total. The van der Waals surface area contributed by atoms with Crippen LogP contribution in [0.2, 0.25) is 0 Å². The van der Waals surface area contributed by atoms with Crippen molar-refractivity contribution in [3.8, 4) is 5.75 Å². The van der Waals surface area contributed by atoms with E-state index in [9.17, 15) is 14.7 Å². The Morgan fingerprint density at radius 3 is 1.88 bits per heavy atom. The molecule has 0 spiro atoms. The molecule has 1 aromatic rings. The monoisotopic (exact) mass is 362 g/mol. The van der Waals surface area contributed by atoms with E-state index in [1.807, 2.05) is 0 Å². The molecule has 0 aliphatic rings. The van der Waals surface area contributed by atoms with E-state index in [0.29, 0.717) is 5.56 Å². The van der Waals surface area contributed by atoms with Crippen LogP contribution in [0.3, 0.4) is 0 Å². The van der Waals surface area contributed by atoms with Gasteiger partial charge >= 0.3 is 63.3 Å². The molecule has 1 aromatic carbocycles. The van der Waals surface area contributed by atoms with E-state index in [1.165, 1.54) is 6.92 Å². The van der Waals surface area contributed by atoms with Gasteiger partial charge < -0.3 is 39.3 Å². The van der Waals surface area contributed by atoms with Crippen LogP contribution < -0.4 is 75.4 Å². The molecule has 0 aliphatic carbocycles. The molecule has 16 heavy (non-hydrogen) atoms. The van der Waals surface area contributed by atoms with Crippen LogP contribution in [-0.4, -0.2) is 27.3 Å². The van der Waals surface area contributed by atoms with Crippen LogP contribution in [0.25, 0.3) is 0 Å². The Hall–Kier alpha value is 0.326. The van der Waals surface area contributed by atoms with Gasteiger partial charge in [0, 0.05) is 0 Å². The van der Waals surface area contributed by atoms with Crippen LogP contribution in [0.15, 0.2) is 12.1 Å². The van der Waals surface area contributed by atoms with Crippen molar-refractivity contribution < 1.29 is 100 Å². The number of benzene rings is 1. The first-order valence-corrected chi connectivity index (χ1v) is 3.73. The summed E-state index contributed by atoms with van der Waals surface area (Å²) in [4.78, 5) is 21.2. The fraction of sp³-hybridized carbons (Fsp3) is 0.111. The molecule has 0 aromatic heterocycles. The molecular formula is C9H8IKO5. The number of aromatic hydroxyl groups is 1. The predicted octanol–water partition coefficient (Wildman–Crippen LogP) is -4.89. The molecular weight excluding hydrogens is 354 g/mol. The van der Waals surface area contributed by atoms with Gasteiger partial charge in [0.25, 0.3) is 0 Å². The van der Waals surface area contributed by atoms with Gasteiger partial charge in [-0.3, -0.25) is 0 Å². The molecule has 0 heterocycles. The van der Waals surface area contributed by atoms with Gasteiger partial charge in [0.2, 0.25) is 0 Å². The largest absolute Gasteiger partial charge is 1.00 e. The van der Waals surface area contributed by atoms with Crippen molar-refractivity contribution in [3.05, 3.63) is 28.8 Å². The zero-order valence-electron chi connectivity index (χ0n) is 8.69. The number of halogens is 1. The summed E-state index contributed by atoms with van der Waals surface area (Å²) < 4.78 is 0. The van der Waals surface area contributed by atoms with Crippen molar-refractivity contribution in [1.82, 2.24) is 0 Å². The van der Waals surface area contributed by atoms with Crippen molar-refractivity contribution in [2.45, 2.75) is 6.92 Å². The number of aryl methyl sites for hydroxylation is 1. The maximum atomic E-state index is 10.6. The summed E-state index contributed by atoms with van der Waals surface area (Å²) in [6.45, 7) is 1.48. The quantitative estimate of drug-likeness (QED) is 0.362. The van der Waals surface area contributed by atoms with Crippen LogP contribution in [0.1, 0.15) is 26.3 Å². The average Bonchev–Trinajstić information content (AvgIpc) is 2.02. The third-order valence-electron chi connectivity index (χ3n) is 1.80. The Balaban J connectivity index is 0. The number of carboxylic acid groups (broad SMARTS) is 2. The second kappa shape index (κ2) is 7.61.